The molecule has 0 saturated heterocycles. The van der Waals surface area contributed by atoms with Crippen molar-refractivity contribution < 1.29 is 14.1 Å². The van der Waals surface area contributed by atoms with Crippen LogP contribution in [0, 0.1) is 20.8 Å². The molecule has 1 aromatic carbocycles. The van der Waals surface area contributed by atoms with Gasteiger partial charge in [-0.15, -0.1) is 0 Å². The molecule has 0 aliphatic heterocycles. The van der Waals surface area contributed by atoms with Gasteiger partial charge in [0.1, 0.15) is 17.1 Å². The van der Waals surface area contributed by atoms with Crippen LogP contribution in [0.2, 0.25) is 0 Å². The quantitative estimate of drug-likeness (QED) is 0.628. The monoisotopic (exact) mass is 378 g/mol. The molecule has 2 aromatic heterocycles. The molecule has 0 bridgehead atoms. The molecule has 1 aliphatic carbocycles. The standard InChI is InChI=1S/C21H22N4O3/c1-12-5-4-6-17(13(12)2)27-18-10-9-16(11-22-18)23-21(26)24-19-14(3)25-28-20(19)15-7-8-15/h4-6,9-11,15H,7-8H2,1-3H3,(H2,23,24,26). The number of aromatic nitrogens is 2. The molecule has 1 fully saturated rings. The van der Waals surface area contributed by atoms with Crippen LogP contribution >= 0.6 is 0 Å². The first kappa shape index (κ1) is 18.0. The summed E-state index contributed by atoms with van der Waals surface area (Å²) in [5.41, 5.74) is 4.12. The van der Waals surface area contributed by atoms with Crippen molar-refractivity contribution in [2.75, 3.05) is 10.6 Å². The van der Waals surface area contributed by atoms with Crippen LogP contribution in [-0.4, -0.2) is 16.2 Å². The van der Waals surface area contributed by atoms with Crippen molar-refractivity contribution in [3.05, 3.63) is 59.1 Å². The molecule has 2 heterocycles. The fourth-order valence-electron chi connectivity index (χ4n) is 2.90. The van der Waals surface area contributed by atoms with Crippen molar-refractivity contribution in [2.24, 2.45) is 0 Å². The predicted molar refractivity (Wildman–Crippen MR) is 106 cm³/mol. The van der Waals surface area contributed by atoms with Gasteiger partial charge < -0.3 is 19.9 Å². The van der Waals surface area contributed by atoms with Gasteiger partial charge in [0.05, 0.1) is 11.9 Å². The molecule has 28 heavy (non-hydrogen) atoms. The molecule has 1 aliphatic rings. The number of carbonyl (C=O) groups is 1. The SMILES string of the molecule is Cc1cccc(Oc2ccc(NC(=O)Nc3c(C)noc3C3CC3)cn2)c1C. The van der Waals surface area contributed by atoms with Gasteiger partial charge in [-0.25, -0.2) is 9.78 Å². The lowest BCUT2D eigenvalue weighted by Crippen LogP contribution is -2.20. The number of nitrogens with zero attached hydrogens (tertiary/aromatic N) is 2. The van der Waals surface area contributed by atoms with Crippen molar-refractivity contribution in [2.45, 2.75) is 39.5 Å². The molecule has 0 atom stereocenters. The highest BCUT2D eigenvalue weighted by Crippen LogP contribution is 2.44. The van der Waals surface area contributed by atoms with E-state index >= 15 is 0 Å². The topological polar surface area (TPSA) is 89.3 Å². The Labute approximate surface area is 163 Å². The Bertz CT molecular complexity index is 1010. The smallest absolute Gasteiger partial charge is 0.323 e. The molecule has 0 radical (unpaired) electrons. The van der Waals surface area contributed by atoms with Gasteiger partial charge in [0.25, 0.3) is 0 Å². The third kappa shape index (κ3) is 3.83. The lowest BCUT2D eigenvalue weighted by molar-refractivity contribution is 0.262. The number of hydrogen-bond acceptors (Lipinski definition) is 5. The maximum Gasteiger partial charge on any atom is 0.323 e. The molecule has 7 heteroatoms. The molecule has 3 aromatic rings. The second kappa shape index (κ2) is 7.34. The average Bonchev–Trinajstić information content (AvgIpc) is 3.45. The lowest BCUT2D eigenvalue weighted by atomic mass is 10.1. The zero-order valence-electron chi connectivity index (χ0n) is 16.1. The Hall–Kier alpha value is -3.35. The Morgan fingerprint density at radius 2 is 1.96 bits per heavy atom. The number of amides is 2. The number of rotatable bonds is 5. The van der Waals surface area contributed by atoms with Crippen LogP contribution in [-0.2, 0) is 0 Å². The first-order valence-electron chi connectivity index (χ1n) is 9.25. The summed E-state index contributed by atoms with van der Waals surface area (Å²) in [7, 11) is 0. The highest BCUT2D eigenvalue weighted by molar-refractivity contribution is 6.00. The fraction of sp³-hybridized carbons (Fsp3) is 0.286. The van der Waals surface area contributed by atoms with Crippen LogP contribution in [0.25, 0.3) is 0 Å². The minimum absolute atomic E-state index is 0.361. The van der Waals surface area contributed by atoms with E-state index in [2.05, 4.69) is 20.8 Å². The van der Waals surface area contributed by atoms with Crippen molar-refractivity contribution in [3.8, 4) is 11.6 Å². The number of benzene rings is 1. The zero-order valence-corrected chi connectivity index (χ0v) is 16.1. The molecule has 4 rings (SSSR count). The van der Waals surface area contributed by atoms with Crippen LogP contribution in [0.1, 0.15) is 41.3 Å². The van der Waals surface area contributed by atoms with Crippen molar-refractivity contribution in [1.82, 2.24) is 10.1 Å². The number of nitrogens with one attached hydrogen (secondary N) is 2. The van der Waals surface area contributed by atoms with Crippen molar-refractivity contribution in [3.63, 3.8) is 0 Å². The van der Waals surface area contributed by atoms with Gasteiger partial charge in [-0.05, 0) is 56.9 Å². The number of aryl methyl sites for hydroxylation is 2. The first-order valence-corrected chi connectivity index (χ1v) is 9.25. The van der Waals surface area contributed by atoms with E-state index in [9.17, 15) is 4.79 Å². The Balaban J connectivity index is 1.40. The summed E-state index contributed by atoms with van der Waals surface area (Å²) in [4.78, 5) is 16.6. The van der Waals surface area contributed by atoms with Crippen LogP contribution in [0.15, 0.2) is 41.1 Å². The van der Waals surface area contributed by atoms with E-state index in [0.717, 1.165) is 35.5 Å². The molecule has 144 valence electrons. The molecule has 2 N–H and O–H groups in total. The van der Waals surface area contributed by atoms with Gasteiger partial charge in [0, 0.05) is 12.0 Å². The maximum atomic E-state index is 12.3. The van der Waals surface area contributed by atoms with Crippen LogP contribution in [0.3, 0.4) is 0 Å². The van der Waals surface area contributed by atoms with E-state index in [1.54, 1.807) is 18.3 Å². The molecule has 7 nitrogen and oxygen atoms in total. The molecule has 2 amide bonds. The zero-order chi connectivity index (χ0) is 19.7. The summed E-state index contributed by atoms with van der Waals surface area (Å²) in [6.45, 7) is 5.85. The summed E-state index contributed by atoms with van der Waals surface area (Å²) in [6.07, 6.45) is 3.69. The molecule has 1 saturated carbocycles. The second-order valence-corrected chi connectivity index (χ2v) is 7.05. The number of anilines is 2. The number of hydrogen-bond donors (Lipinski definition) is 2. The van der Waals surface area contributed by atoms with Crippen LogP contribution < -0.4 is 15.4 Å². The van der Waals surface area contributed by atoms with Gasteiger partial charge in [-0.2, -0.15) is 0 Å². The van der Waals surface area contributed by atoms with Gasteiger partial charge >= 0.3 is 6.03 Å². The summed E-state index contributed by atoms with van der Waals surface area (Å²) < 4.78 is 11.2. The molecule has 0 spiro atoms. The van der Waals surface area contributed by atoms with Gasteiger partial charge in [-0.3, -0.25) is 0 Å². The molecular weight excluding hydrogens is 356 g/mol. The highest BCUT2D eigenvalue weighted by Gasteiger charge is 2.32. The highest BCUT2D eigenvalue weighted by atomic mass is 16.5. The molecular formula is C21H22N4O3. The maximum absolute atomic E-state index is 12.3. The van der Waals surface area contributed by atoms with E-state index in [1.165, 1.54) is 0 Å². The first-order chi connectivity index (χ1) is 13.5. The number of ether oxygens (including phenoxy) is 1. The van der Waals surface area contributed by atoms with Gasteiger partial charge in [-0.1, -0.05) is 17.3 Å². The average molecular weight is 378 g/mol. The number of pyridine rings is 1. The third-order valence-corrected chi connectivity index (χ3v) is 4.84. The third-order valence-electron chi connectivity index (χ3n) is 4.84. The van der Waals surface area contributed by atoms with E-state index in [-0.39, 0.29) is 6.03 Å². The lowest BCUT2D eigenvalue weighted by Gasteiger charge is -2.11. The molecule has 0 unspecified atom stereocenters. The minimum atomic E-state index is -0.363. The summed E-state index contributed by atoms with van der Waals surface area (Å²) >= 11 is 0. The van der Waals surface area contributed by atoms with Crippen LogP contribution in [0.4, 0.5) is 16.2 Å². The fourth-order valence-corrected chi connectivity index (χ4v) is 2.90. The largest absolute Gasteiger partial charge is 0.439 e. The second-order valence-electron chi connectivity index (χ2n) is 7.05. The minimum Gasteiger partial charge on any atom is -0.439 e. The summed E-state index contributed by atoms with van der Waals surface area (Å²) in [5, 5.41) is 9.56. The van der Waals surface area contributed by atoms with E-state index < -0.39 is 0 Å². The summed E-state index contributed by atoms with van der Waals surface area (Å²) in [5.74, 6) is 2.34. The summed E-state index contributed by atoms with van der Waals surface area (Å²) in [6, 6.07) is 8.99. The van der Waals surface area contributed by atoms with E-state index in [1.807, 2.05) is 39.0 Å². The van der Waals surface area contributed by atoms with Crippen molar-refractivity contribution in [1.29, 1.82) is 0 Å². The number of carbonyl (C=O) groups excluding carboxylic acids is 1. The van der Waals surface area contributed by atoms with E-state index in [4.69, 9.17) is 9.26 Å². The number of urea groups is 1. The normalized spacial score (nSPS) is 13.2. The van der Waals surface area contributed by atoms with Crippen LogP contribution in [0.5, 0.6) is 11.6 Å². The Morgan fingerprint density at radius 3 is 2.68 bits per heavy atom. The van der Waals surface area contributed by atoms with E-state index in [0.29, 0.717) is 28.9 Å². The van der Waals surface area contributed by atoms with Gasteiger partial charge in [0.2, 0.25) is 5.88 Å². The Kier molecular flexibility index (Phi) is 4.73. The van der Waals surface area contributed by atoms with Gasteiger partial charge in [0.15, 0.2) is 5.76 Å². The van der Waals surface area contributed by atoms with Crippen molar-refractivity contribution >= 4 is 17.4 Å². The Morgan fingerprint density at radius 1 is 1.14 bits per heavy atom. The predicted octanol–water partition coefficient (Wildman–Crippen LogP) is 5.31.